The van der Waals surface area contributed by atoms with Gasteiger partial charge in [-0.25, -0.2) is 4.99 Å². The number of hydrogen-bond donors (Lipinski definition) is 2. The predicted molar refractivity (Wildman–Crippen MR) is 99.8 cm³/mol. The van der Waals surface area contributed by atoms with Gasteiger partial charge in [-0.3, -0.25) is 4.99 Å². The van der Waals surface area contributed by atoms with Gasteiger partial charge in [-0.15, -0.1) is 11.3 Å². The maximum atomic E-state index is 4.80. The number of aryl methyl sites for hydroxylation is 1. The summed E-state index contributed by atoms with van der Waals surface area (Å²) in [5.74, 6) is 1.74. The summed E-state index contributed by atoms with van der Waals surface area (Å²) in [6.45, 7) is 8.36. The number of anilines is 1. The molecule has 0 amide bonds. The molecule has 4 nitrogen and oxygen atoms in total. The molecule has 0 saturated carbocycles. The van der Waals surface area contributed by atoms with Crippen molar-refractivity contribution in [3.63, 3.8) is 0 Å². The van der Waals surface area contributed by atoms with E-state index in [1.54, 1.807) is 11.3 Å². The van der Waals surface area contributed by atoms with Crippen LogP contribution in [0, 0.1) is 6.92 Å². The first kappa shape index (κ1) is 15.7. The minimum atomic E-state index is -0.186. The summed E-state index contributed by atoms with van der Waals surface area (Å²) in [6.07, 6.45) is -0.186. The Morgan fingerprint density at radius 1 is 1.17 bits per heavy atom. The molecule has 2 aromatic rings. The maximum absolute atomic E-state index is 4.80. The monoisotopic (exact) mass is 326 g/mol. The fourth-order valence-electron chi connectivity index (χ4n) is 2.31. The normalized spacial score (nSPS) is 19.6. The first-order chi connectivity index (χ1) is 10.9. The van der Waals surface area contributed by atoms with Gasteiger partial charge in [0.1, 0.15) is 11.7 Å². The summed E-state index contributed by atoms with van der Waals surface area (Å²) < 4.78 is 0. The second-order valence-electron chi connectivity index (χ2n) is 6.66. The summed E-state index contributed by atoms with van der Waals surface area (Å²) in [4.78, 5) is 10.7. The van der Waals surface area contributed by atoms with E-state index in [0.29, 0.717) is 0 Å². The third kappa shape index (κ3) is 3.99. The lowest BCUT2D eigenvalue weighted by Crippen LogP contribution is -2.35. The van der Waals surface area contributed by atoms with Crippen molar-refractivity contribution in [2.75, 3.05) is 5.32 Å². The second kappa shape index (κ2) is 6.16. The Bertz CT molecular complexity index is 721. The van der Waals surface area contributed by atoms with Crippen LogP contribution in [0.1, 0.15) is 31.2 Å². The topological polar surface area (TPSA) is 48.8 Å². The Hall–Kier alpha value is -2.14. The molecule has 120 valence electrons. The molecule has 0 aliphatic carbocycles. The van der Waals surface area contributed by atoms with Crippen LogP contribution < -0.4 is 10.6 Å². The molecular formula is C18H22N4S. The zero-order valence-corrected chi connectivity index (χ0v) is 14.7. The van der Waals surface area contributed by atoms with Crippen LogP contribution in [0.25, 0.3) is 0 Å². The van der Waals surface area contributed by atoms with Crippen LogP contribution in [-0.2, 0) is 0 Å². The largest absolute Gasteiger partial charge is 0.358 e. The molecule has 2 heterocycles. The number of benzene rings is 1. The van der Waals surface area contributed by atoms with Crippen molar-refractivity contribution in [3.8, 4) is 0 Å². The van der Waals surface area contributed by atoms with E-state index in [1.807, 2.05) is 6.07 Å². The number of nitrogens with one attached hydrogen (secondary N) is 2. The van der Waals surface area contributed by atoms with E-state index in [2.05, 4.69) is 74.0 Å². The van der Waals surface area contributed by atoms with E-state index in [-0.39, 0.29) is 11.7 Å². The SMILES string of the molecule is Cc1ccc(NC2N=C(c3cccs3)NC2=NC(C)(C)C)cc1. The lowest BCUT2D eigenvalue weighted by atomic mass is 10.1. The van der Waals surface area contributed by atoms with Crippen molar-refractivity contribution >= 4 is 28.7 Å². The highest BCUT2D eigenvalue weighted by atomic mass is 32.1. The maximum Gasteiger partial charge on any atom is 0.179 e. The molecule has 1 unspecified atom stereocenters. The summed E-state index contributed by atoms with van der Waals surface area (Å²) in [6, 6.07) is 12.4. The molecule has 0 saturated heterocycles. The molecule has 1 aromatic heterocycles. The second-order valence-corrected chi connectivity index (χ2v) is 7.61. The van der Waals surface area contributed by atoms with Gasteiger partial charge in [-0.1, -0.05) is 23.8 Å². The molecular weight excluding hydrogens is 304 g/mol. The lowest BCUT2D eigenvalue weighted by Gasteiger charge is -2.18. The van der Waals surface area contributed by atoms with E-state index in [1.165, 1.54) is 5.56 Å². The van der Waals surface area contributed by atoms with Crippen LogP contribution >= 0.6 is 11.3 Å². The molecule has 0 fully saturated rings. The highest BCUT2D eigenvalue weighted by Crippen LogP contribution is 2.19. The fraction of sp³-hybridized carbons (Fsp3) is 0.333. The number of thiophene rings is 1. The van der Waals surface area contributed by atoms with Gasteiger partial charge in [0, 0.05) is 5.69 Å². The van der Waals surface area contributed by atoms with Crippen molar-refractivity contribution in [2.45, 2.75) is 39.4 Å². The molecule has 0 bridgehead atoms. The molecule has 1 aliphatic rings. The van der Waals surface area contributed by atoms with Gasteiger partial charge in [0.25, 0.3) is 0 Å². The summed E-state index contributed by atoms with van der Waals surface area (Å²) in [7, 11) is 0. The minimum Gasteiger partial charge on any atom is -0.358 e. The van der Waals surface area contributed by atoms with Crippen LogP contribution in [0.5, 0.6) is 0 Å². The van der Waals surface area contributed by atoms with E-state index >= 15 is 0 Å². The zero-order valence-electron chi connectivity index (χ0n) is 13.9. The number of nitrogens with zero attached hydrogens (tertiary/aromatic N) is 2. The van der Waals surface area contributed by atoms with Crippen molar-refractivity contribution < 1.29 is 0 Å². The van der Waals surface area contributed by atoms with Crippen molar-refractivity contribution in [1.82, 2.24) is 5.32 Å². The lowest BCUT2D eigenvalue weighted by molar-refractivity contribution is 0.579. The fourth-order valence-corrected chi connectivity index (χ4v) is 2.99. The average molecular weight is 326 g/mol. The third-order valence-corrected chi connectivity index (χ3v) is 4.21. The molecule has 2 N–H and O–H groups in total. The molecule has 0 radical (unpaired) electrons. The Labute approximate surface area is 141 Å². The minimum absolute atomic E-state index is 0.157. The van der Waals surface area contributed by atoms with Crippen LogP contribution in [0.2, 0.25) is 0 Å². The summed E-state index contributed by atoms with van der Waals surface area (Å²) in [5.41, 5.74) is 2.13. The Morgan fingerprint density at radius 3 is 2.52 bits per heavy atom. The molecule has 3 rings (SSSR count). The van der Waals surface area contributed by atoms with E-state index in [0.717, 1.165) is 22.2 Å². The number of amidine groups is 2. The van der Waals surface area contributed by atoms with Gasteiger partial charge in [0.15, 0.2) is 6.17 Å². The number of aliphatic imine (C=N–C) groups is 2. The van der Waals surface area contributed by atoms with E-state index in [9.17, 15) is 0 Å². The van der Waals surface area contributed by atoms with Gasteiger partial charge < -0.3 is 10.6 Å². The quantitative estimate of drug-likeness (QED) is 0.894. The molecule has 0 spiro atoms. The molecule has 1 aromatic carbocycles. The standard InChI is InChI=1S/C18H22N4S/c1-12-7-9-13(10-8-12)19-16-17(22-18(2,3)4)21-15(20-16)14-6-5-11-23-14/h5-11,16,19H,1-4H3,(H,20,21,22). The first-order valence-electron chi connectivity index (χ1n) is 7.72. The van der Waals surface area contributed by atoms with Gasteiger partial charge >= 0.3 is 0 Å². The van der Waals surface area contributed by atoms with Gasteiger partial charge in [-0.2, -0.15) is 0 Å². The van der Waals surface area contributed by atoms with Crippen LogP contribution in [0.4, 0.5) is 5.69 Å². The van der Waals surface area contributed by atoms with Crippen molar-refractivity contribution in [1.29, 1.82) is 0 Å². The third-order valence-electron chi connectivity index (χ3n) is 3.33. The Kier molecular flexibility index (Phi) is 4.22. The molecule has 23 heavy (non-hydrogen) atoms. The van der Waals surface area contributed by atoms with Gasteiger partial charge in [-0.05, 0) is 51.3 Å². The van der Waals surface area contributed by atoms with E-state index in [4.69, 9.17) is 9.98 Å². The molecule has 1 aliphatic heterocycles. The number of rotatable bonds is 3. The predicted octanol–water partition coefficient (Wildman–Crippen LogP) is 4.04. The average Bonchev–Trinajstić information content (AvgIpc) is 3.10. The van der Waals surface area contributed by atoms with Gasteiger partial charge in [0.05, 0.1) is 10.4 Å². The van der Waals surface area contributed by atoms with Crippen LogP contribution in [0.15, 0.2) is 51.8 Å². The zero-order chi connectivity index (χ0) is 16.4. The molecule has 5 heteroatoms. The van der Waals surface area contributed by atoms with Crippen molar-refractivity contribution in [3.05, 3.63) is 52.2 Å². The Morgan fingerprint density at radius 2 is 1.91 bits per heavy atom. The van der Waals surface area contributed by atoms with E-state index < -0.39 is 0 Å². The highest BCUT2D eigenvalue weighted by molar-refractivity contribution is 7.12. The first-order valence-corrected chi connectivity index (χ1v) is 8.60. The molecule has 1 atom stereocenters. The van der Waals surface area contributed by atoms with Gasteiger partial charge in [0.2, 0.25) is 0 Å². The smallest absolute Gasteiger partial charge is 0.179 e. The highest BCUT2D eigenvalue weighted by Gasteiger charge is 2.27. The van der Waals surface area contributed by atoms with Crippen molar-refractivity contribution in [2.24, 2.45) is 9.98 Å². The summed E-state index contributed by atoms with van der Waals surface area (Å²) >= 11 is 1.67. The summed E-state index contributed by atoms with van der Waals surface area (Å²) in [5, 5.41) is 8.89. The Balaban J connectivity index is 1.88. The number of hydrogen-bond acceptors (Lipinski definition) is 4. The van der Waals surface area contributed by atoms with Crippen LogP contribution in [-0.4, -0.2) is 23.4 Å². The van der Waals surface area contributed by atoms with Crippen LogP contribution in [0.3, 0.4) is 0 Å².